The zero-order valence-corrected chi connectivity index (χ0v) is 16.1. The lowest BCUT2D eigenvalue weighted by Gasteiger charge is -2.32. The second kappa shape index (κ2) is 6.94. The average Bonchev–Trinajstić information content (AvgIpc) is 2.67. The molecule has 1 aromatic rings. The summed E-state index contributed by atoms with van der Waals surface area (Å²) in [6.07, 6.45) is 2.01. The zero-order valence-electron chi connectivity index (χ0n) is 15.3. The molecule has 1 aliphatic heterocycles. The maximum absolute atomic E-state index is 11.4. The van der Waals surface area contributed by atoms with Crippen LogP contribution in [0.3, 0.4) is 0 Å². The molecule has 0 spiro atoms. The standard InChI is InChI=1S/C18H26BNO3S/c1-12-7-8-14(10-16(12)20)9-15(11-24-13(2)21)19-22-17(3,4)18(5,6)23-19/h7-10H,11,20H2,1-6H3. The van der Waals surface area contributed by atoms with Gasteiger partial charge in [0.2, 0.25) is 0 Å². The van der Waals surface area contributed by atoms with Gasteiger partial charge < -0.3 is 15.0 Å². The van der Waals surface area contributed by atoms with E-state index in [4.69, 9.17) is 15.0 Å². The van der Waals surface area contributed by atoms with E-state index in [1.165, 1.54) is 11.8 Å². The molecular weight excluding hydrogens is 321 g/mol. The molecule has 6 heteroatoms. The third-order valence-corrected chi connectivity index (χ3v) is 5.54. The topological polar surface area (TPSA) is 61.6 Å². The highest BCUT2D eigenvalue weighted by atomic mass is 32.2. The predicted molar refractivity (Wildman–Crippen MR) is 103 cm³/mol. The van der Waals surface area contributed by atoms with Gasteiger partial charge in [0.15, 0.2) is 5.12 Å². The van der Waals surface area contributed by atoms with Crippen molar-refractivity contribution in [1.82, 2.24) is 0 Å². The Labute approximate surface area is 149 Å². The number of rotatable bonds is 4. The first-order valence-corrected chi connectivity index (χ1v) is 9.06. The van der Waals surface area contributed by atoms with Crippen LogP contribution in [-0.4, -0.2) is 29.2 Å². The first kappa shape index (κ1) is 19.1. The zero-order chi connectivity index (χ0) is 18.1. The minimum Gasteiger partial charge on any atom is -0.400 e. The summed E-state index contributed by atoms with van der Waals surface area (Å²) in [6, 6.07) is 5.93. The number of carbonyl (C=O) groups excluding carboxylic acids is 1. The van der Waals surface area contributed by atoms with E-state index in [0.717, 1.165) is 22.3 Å². The van der Waals surface area contributed by atoms with Gasteiger partial charge in [-0.05, 0) is 57.3 Å². The Hall–Kier alpha value is -1.24. The Morgan fingerprint density at radius 3 is 2.33 bits per heavy atom. The molecule has 1 aliphatic rings. The summed E-state index contributed by atoms with van der Waals surface area (Å²) in [5.41, 5.74) is 8.88. The Balaban J connectivity index is 2.33. The summed E-state index contributed by atoms with van der Waals surface area (Å²) in [4.78, 5) is 11.4. The van der Waals surface area contributed by atoms with E-state index in [0.29, 0.717) is 5.75 Å². The fourth-order valence-electron chi connectivity index (χ4n) is 2.32. The lowest BCUT2D eigenvalue weighted by molar-refractivity contribution is -0.109. The molecule has 0 atom stereocenters. The number of hydrogen-bond acceptors (Lipinski definition) is 5. The molecule has 2 rings (SSSR count). The summed E-state index contributed by atoms with van der Waals surface area (Å²) in [6.45, 7) is 11.6. The van der Waals surface area contributed by atoms with Crippen molar-refractivity contribution < 1.29 is 14.1 Å². The van der Waals surface area contributed by atoms with Gasteiger partial charge in [-0.3, -0.25) is 4.79 Å². The number of thioether (sulfide) groups is 1. The maximum Gasteiger partial charge on any atom is 0.491 e. The van der Waals surface area contributed by atoms with Crippen LogP contribution in [0.1, 0.15) is 45.7 Å². The number of anilines is 1. The maximum atomic E-state index is 11.4. The summed E-state index contributed by atoms with van der Waals surface area (Å²) in [7, 11) is -0.468. The van der Waals surface area contributed by atoms with Gasteiger partial charge in [0, 0.05) is 18.4 Å². The molecule has 0 saturated carbocycles. The van der Waals surface area contributed by atoms with E-state index < -0.39 is 18.3 Å². The third kappa shape index (κ3) is 4.24. The van der Waals surface area contributed by atoms with Crippen LogP contribution in [0.2, 0.25) is 0 Å². The highest BCUT2D eigenvalue weighted by Crippen LogP contribution is 2.39. The van der Waals surface area contributed by atoms with E-state index in [1.54, 1.807) is 6.92 Å². The van der Waals surface area contributed by atoms with E-state index in [1.807, 2.05) is 58.9 Å². The second-order valence-corrected chi connectivity index (χ2v) is 8.36. The van der Waals surface area contributed by atoms with Gasteiger partial charge in [0.25, 0.3) is 0 Å². The number of hydrogen-bond donors (Lipinski definition) is 1. The molecule has 0 amide bonds. The van der Waals surface area contributed by atoms with Crippen molar-refractivity contribution in [3.63, 3.8) is 0 Å². The highest BCUT2D eigenvalue weighted by Gasteiger charge is 2.52. The molecule has 1 aromatic carbocycles. The summed E-state index contributed by atoms with van der Waals surface area (Å²) >= 11 is 1.25. The normalized spacial score (nSPS) is 19.6. The Morgan fingerprint density at radius 1 is 1.25 bits per heavy atom. The van der Waals surface area contributed by atoms with Gasteiger partial charge in [0.05, 0.1) is 11.2 Å². The van der Waals surface area contributed by atoms with E-state index in [2.05, 4.69) is 0 Å². The Morgan fingerprint density at radius 2 is 1.83 bits per heavy atom. The summed E-state index contributed by atoms with van der Waals surface area (Å²) < 4.78 is 12.3. The molecule has 1 fully saturated rings. The van der Waals surface area contributed by atoms with Gasteiger partial charge in [-0.25, -0.2) is 0 Å². The molecular formula is C18H26BNO3S. The molecule has 130 valence electrons. The van der Waals surface area contributed by atoms with Crippen molar-refractivity contribution in [3.05, 3.63) is 34.8 Å². The number of nitrogen functional groups attached to an aromatic ring is 1. The molecule has 24 heavy (non-hydrogen) atoms. The average molecular weight is 347 g/mol. The lowest BCUT2D eigenvalue weighted by atomic mass is 9.78. The first-order valence-electron chi connectivity index (χ1n) is 8.07. The van der Waals surface area contributed by atoms with Gasteiger partial charge in [-0.15, -0.1) is 0 Å². The minimum absolute atomic E-state index is 0.0702. The van der Waals surface area contributed by atoms with Crippen LogP contribution in [0.5, 0.6) is 0 Å². The van der Waals surface area contributed by atoms with Crippen molar-refractivity contribution in [2.75, 3.05) is 11.5 Å². The molecule has 0 aliphatic carbocycles. The monoisotopic (exact) mass is 347 g/mol. The fraction of sp³-hybridized carbons (Fsp3) is 0.500. The molecule has 0 unspecified atom stereocenters. The van der Waals surface area contributed by atoms with Gasteiger partial charge in [-0.2, -0.15) is 0 Å². The molecule has 2 N–H and O–H groups in total. The van der Waals surface area contributed by atoms with E-state index in [-0.39, 0.29) is 5.12 Å². The number of aryl methyl sites for hydroxylation is 1. The molecule has 4 nitrogen and oxygen atoms in total. The molecule has 0 bridgehead atoms. The van der Waals surface area contributed by atoms with Crippen molar-refractivity contribution >= 4 is 35.8 Å². The van der Waals surface area contributed by atoms with Gasteiger partial charge in [0.1, 0.15) is 0 Å². The summed E-state index contributed by atoms with van der Waals surface area (Å²) in [5, 5.41) is 0.0702. The quantitative estimate of drug-likeness (QED) is 0.662. The molecule has 1 heterocycles. The minimum atomic E-state index is -0.468. The van der Waals surface area contributed by atoms with Crippen LogP contribution >= 0.6 is 11.8 Å². The van der Waals surface area contributed by atoms with Crippen LogP contribution in [0, 0.1) is 6.92 Å². The molecule has 0 aromatic heterocycles. The Kier molecular flexibility index (Phi) is 5.52. The number of benzene rings is 1. The Bertz CT molecular complexity index is 654. The lowest BCUT2D eigenvalue weighted by Crippen LogP contribution is -2.41. The van der Waals surface area contributed by atoms with Crippen molar-refractivity contribution in [1.29, 1.82) is 0 Å². The molecule has 0 radical (unpaired) electrons. The van der Waals surface area contributed by atoms with Crippen molar-refractivity contribution in [2.24, 2.45) is 0 Å². The second-order valence-electron chi connectivity index (χ2n) is 7.20. The van der Waals surface area contributed by atoms with Crippen LogP contribution in [-0.2, 0) is 14.1 Å². The van der Waals surface area contributed by atoms with E-state index in [9.17, 15) is 4.79 Å². The van der Waals surface area contributed by atoms with Crippen molar-refractivity contribution in [3.8, 4) is 0 Å². The van der Waals surface area contributed by atoms with E-state index >= 15 is 0 Å². The first-order chi connectivity index (χ1) is 11.0. The van der Waals surface area contributed by atoms with Crippen LogP contribution < -0.4 is 5.73 Å². The number of nitrogens with two attached hydrogens (primary N) is 1. The van der Waals surface area contributed by atoms with Crippen LogP contribution in [0.15, 0.2) is 23.7 Å². The smallest absolute Gasteiger partial charge is 0.400 e. The van der Waals surface area contributed by atoms with Gasteiger partial charge >= 0.3 is 7.12 Å². The SMILES string of the molecule is CC(=O)SCC(=Cc1ccc(C)c(N)c1)B1OC(C)(C)C(C)(C)O1. The van der Waals surface area contributed by atoms with Crippen LogP contribution in [0.25, 0.3) is 6.08 Å². The third-order valence-electron chi connectivity index (χ3n) is 4.65. The number of carbonyl (C=O) groups is 1. The molecule has 1 saturated heterocycles. The fourth-order valence-corrected chi connectivity index (χ4v) is 2.91. The van der Waals surface area contributed by atoms with Crippen molar-refractivity contribution in [2.45, 2.75) is 52.7 Å². The largest absolute Gasteiger partial charge is 0.491 e. The highest BCUT2D eigenvalue weighted by molar-refractivity contribution is 8.13. The summed E-state index contributed by atoms with van der Waals surface area (Å²) in [5.74, 6) is 0.528. The van der Waals surface area contributed by atoms with Gasteiger partial charge in [-0.1, -0.05) is 30.0 Å². The van der Waals surface area contributed by atoms with Crippen LogP contribution in [0.4, 0.5) is 5.69 Å². The predicted octanol–water partition coefficient (Wildman–Crippen LogP) is 3.87.